The lowest BCUT2D eigenvalue weighted by atomic mass is 10.1. The van der Waals surface area contributed by atoms with Crippen molar-refractivity contribution in [1.29, 1.82) is 0 Å². The van der Waals surface area contributed by atoms with Crippen LogP contribution in [-0.2, 0) is 13.1 Å². The van der Waals surface area contributed by atoms with E-state index in [1.165, 1.54) is 12.1 Å². The Balaban J connectivity index is 3.05. The molecule has 0 radical (unpaired) electrons. The van der Waals surface area contributed by atoms with E-state index in [4.69, 9.17) is 0 Å². The molecular formula is C12H19FN2O. The van der Waals surface area contributed by atoms with Gasteiger partial charge in [-0.2, -0.15) is 0 Å². The SMILES string of the molecule is CN(C)Cc1cc(F)cc(CN(C)C)c1O. The monoisotopic (exact) mass is 226 g/mol. The maximum Gasteiger partial charge on any atom is 0.124 e. The van der Waals surface area contributed by atoms with E-state index in [1.807, 2.05) is 38.0 Å². The molecule has 1 aromatic carbocycles. The quantitative estimate of drug-likeness (QED) is 0.845. The lowest BCUT2D eigenvalue weighted by Crippen LogP contribution is -2.14. The molecule has 0 spiro atoms. The highest BCUT2D eigenvalue weighted by Crippen LogP contribution is 2.25. The zero-order chi connectivity index (χ0) is 12.3. The van der Waals surface area contributed by atoms with Crippen molar-refractivity contribution in [2.45, 2.75) is 13.1 Å². The van der Waals surface area contributed by atoms with Crippen LogP contribution in [0.1, 0.15) is 11.1 Å². The second-order valence-electron chi connectivity index (χ2n) is 4.55. The highest BCUT2D eigenvalue weighted by Gasteiger charge is 2.11. The van der Waals surface area contributed by atoms with E-state index in [0.29, 0.717) is 24.2 Å². The van der Waals surface area contributed by atoms with Crippen LogP contribution in [0, 0.1) is 5.82 Å². The minimum absolute atomic E-state index is 0.198. The van der Waals surface area contributed by atoms with Crippen molar-refractivity contribution in [2.75, 3.05) is 28.2 Å². The Morgan fingerprint density at radius 1 is 1.00 bits per heavy atom. The predicted molar refractivity (Wildman–Crippen MR) is 62.8 cm³/mol. The topological polar surface area (TPSA) is 26.7 Å². The number of phenols is 1. The predicted octanol–water partition coefficient (Wildman–Crippen LogP) is 1.65. The Morgan fingerprint density at radius 2 is 1.38 bits per heavy atom. The van der Waals surface area contributed by atoms with E-state index >= 15 is 0 Å². The number of rotatable bonds is 4. The van der Waals surface area contributed by atoms with Gasteiger partial charge in [0.25, 0.3) is 0 Å². The van der Waals surface area contributed by atoms with Crippen molar-refractivity contribution in [3.63, 3.8) is 0 Å². The van der Waals surface area contributed by atoms with Gasteiger partial charge in [0.2, 0.25) is 0 Å². The van der Waals surface area contributed by atoms with Gasteiger partial charge >= 0.3 is 0 Å². The number of benzene rings is 1. The smallest absolute Gasteiger partial charge is 0.124 e. The molecule has 0 bridgehead atoms. The summed E-state index contributed by atoms with van der Waals surface area (Å²) in [5, 5.41) is 9.99. The van der Waals surface area contributed by atoms with Gasteiger partial charge in [-0.1, -0.05) is 0 Å². The summed E-state index contributed by atoms with van der Waals surface area (Å²) in [6, 6.07) is 2.77. The molecule has 0 aliphatic heterocycles. The summed E-state index contributed by atoms with van der Waals surface area (Å²) < 4.78 is 13.4. The van der Waals surface area contributed by atoms with E-state index < -0.39 is 0 Å². The Bertz CT molecular complexity index is 333. The zero-order valence-electron chi connectivity index (χ0n) is 10.3. The van der Waals surface area contributed by atoms with Gasteiger partial charge in [-0.05, 0) is 40.3 Å². The van der Waals surface area contributed by atoms with Crippen molar-refractivity contribution in [1.82, 2.24) is 9.80 Å². The summed E-state index contributed by atoms with van der Waals surface area (Å²) in [7, 11) is 7.54. The lowest BCUT2D eigenvalue weighted by molar-refractivity contribution is 0.366. The van der Waals surface area contributed by atoms with E-state index in [-0.39, 0.29) is 11.6 Å². The van der Waals surface area contributed by atoms with Gasteiger partial charge < -0.3 is 14.9 Å². The highest BCUT2D eigenvalue weighted by atomic mass is 19.1. The van der Waals surface area contributed by atoms with E-state index in [0.717, 1.165) is 0 Å². The molecule has 0 saturated heterocycles. The van der Waals surface area contributed by atoms with Gasteiger partial charge in [-0.15, -0.1) is 0 Å². The van der Waals surface area contributed by atoms with E-state index in [9.17, 15) is 9.50 Å². The molecular weight excluding hydrogens is 207 g/mol. The van der Waals surface area contributed by atoms with Gasteiger partial charge in [0.1, 0.15) is 11.6 Å². The molecule has 0 aliphatic rings. The molecule has 0 heterocycles. The van der Waals surface area contributed by atoms with Gasteiger partial charge in [0, 0.05) is 24.2 Å². The molecule has 0 saturated carbocycles. The van der Waals surface area contributed by atoms with Crippen LogP contribution in [0.3, 0.4) is 0 Å². The third-order valence-electron chi connectivity index (χ3n) is 2.21. The van der Waals surface area contributed by atoms with Crippen molar-refractivity contribution in [2.24, 2.45) is 0 Å². The summed E-state index contributed by atoms with van der Waals surface area (Å²) in [6.07, 6.45) is 0. The van der Waals surface area contributed by atoms with Crippen molar-refractivity contribution in [3.8, 4) is 5.75 Å². The molecule has 16 heavy (non-hydrogen) atoms. The first-order chi connectivity index (χ1) is 7.40. The Labute approximate surface area is 96.1 Å². The number of hydrogen-bond donors (Lipinski definition) is 1. The molecule has 1 aromatic rings. The molecule has 0 unspecified atom stereocenters. The van der Waals surface area contributed by atoms with Crippen LogP contribution in [0.4, 0.5) is 4.39 Å². The number of hydrogen-bond acceptors (Lipinski definition) is 3. The maximum atomic E-state index is 13.4. The zero-order valence-corrected chi connectivity index (χ0v) is 10.3. The van der Waals surface area contributed by atoms with Gasteiger partial charge in [-0.25, -0.2) is 4.39 Å². The van der Waals surface area contributed by atoms with Gasteiger partial charge in [0.15, 0.2) is 0 Å². The fourth-order valence-corrected chi connectivity index (χ4v) is 1.64. The minimum atomic E-state index is -0.300. The van der Waals surface area contributed by atoms with Crippen molar-refractivity contribution in [3.05, 3.63) is 29.1 Å². The normalized spacial score (nSPS) is 11.4. The van der Waals surface area contributed by atoms with Crippen LogP contribution >= 0.6 is 0 Å². The first kappa shape index (κ1) is 12.9. The van der Waals surface area contributed by atoms with Gasteiger partial charge in [0.05, 0.1) is 0 Å². The number of halogens is 1. The minimum Gasteiger partial charge on any atom is -0.507 e. The Kier molecular flexibility index (Phi) is 4.26. The third kappa shape index (κ3) is 3.47. The average molecular weight is 226 g/mol. The van der Waals surface area contributed by atoms with Crippen LogP contribution in [0.5, 0.6) is 5.75 Å². The molecule has 0 aromatic heterocycles. The van der Waals surface area contributed by atoms with Crippen LogP contribution in [-0.4, -0.2) is 43.1 Å². The molecule has 0 aliphatic carbocycles. The average Bonchev–Trinajstić information content (AvgIpc) is 2.11. The van der Waals surface area contributed by atoms with Crippen LogP contribution in [0.25, 0.3) is 0 Å². The molecule has 1 rings (SSSR count). The molecule has 4 heteroatoms. The standard InChI is InChI=1S/C12H19FN2O/c1-14(2)7-9-5-11(13)6-10(12(9)16)8-15(3)4/h5-6,16H,7-8H2,1-4H3. The molecule has 3 nitrogen and oxygen atoms in total. The molecule has 90 valence electrons. The van der Waals surface area contributed by atoms with Gasteiger partial charge in [-0.3, -0.25) is 0 Å². The van der Waals surface area contributed by atoms with Crippen molar-refractivity contribution < 1.29 is 9.50 Å². The van der Waals surface area contributed by atoms with Crippen LogP contribution in [0.2, 0.25) is 0 Å². The van der Waals surface area contributed by atoms with E-state index in [1.54, 1.807) is 0 Å². The second-order valence-corrected chi connectivity index (χ2v) is 4.55. The molecule has 0 atom stereocenters. The molecule has 0 amide bonds. The molecule has 0 fully saturated rings. The highest BCUT2D eigenvalue weighted by molar-refractivity contribution is 5.40. The summed E-state index contributed by atoms with van der Waals surface area (Å²) in [5.41, 5.74) is 1.25. The first-order valence-electron chi connectivity index (χ1n) is 5.20. The lowest BCUT2D eigenvalue weighted by Gasteiger charge is -2.16. The summed E-state index contributed by atoms with van der Waals surface area (Å²) >= 11 is 0. The Hall–Kier alpha value is -1.13. The van der Waals surface area contributed by atoms with Crippen molar-refractivity contribution >= 4 is 0 Å². The molecule has 1 N–H and O–H groups in total. The number of nitrogens with zero attached hydrogens (tertiary/aromatic N) is 2. The third-order valence-corrected chi connectivity index (χ3v) is 2.21. The van der Waals surface area contributed by atoms with E-state index in [2.05, 4.69) is 0 Å². The first-order valence-corrected chi connectivity index (χ1v) is 5.20. The number of aromatic hydroxyl groups is 1. The summed E-state index contributed by atoms with van der Waals surface area (Å²) in [5.74, 6) is -0.102. The fourth-order valence-electron chi connectivity index (χ4n) is 1.64. The Morgan fingerprint density at radius 3 is 1.69 bits per heavy atom. The maximum absolute atomic E-state index is 13.4. The number of phenolic OH excluding ortho intramolecular Hbond substituents is 1. The second kappa shape index (κ2) is 5.27. The fraction of sp³-hybridized carbons (Fsp3) is 0.500. The van der Waals surface area contributed by atoms with Crippen LogP contribution < -0.4 is 0 Å². The van der Waals surface area contributed by atoms with Crippen LogP contribution in [0.15, 0.2) is 12.1 Å². The summed E-state index contributed by atoms with van der Waals surface area (Å²) in [6.45, 7) is 1.06. The summed E-state index contributed by atoms with van der Waals surface area (Å²) in [4.78, 5) is 3.79. The largest absolute Gasteiger partial charge is 0.507 e.